The number of rotatable bonds is 11. The van der Waals surface area contributed by atoms with E-state index in [4.69, 9.17) is 15.6 Å². The van der Waals surface area contributed by atoms with Gasteiger partial charge in [0.25, 0.3) is 0 Å². The van der Waals surface area contributed by atoms with Gasteiger partial charge in [-0.1, -0.05) is 36.4 Å². The zero-order chi connectivity index (χ0) is 23.1. The fourth-order valence-corrected chi connectivity index (χ4v) is 4.04. The van der Waals surface area contributed by atoms with Crippen molar-refractivity contribution >= 4 is 17.7 Å². The second-order valence-electron chi connectivity index (χ2n) is 6.99. The van der Waals surface area contributed by atoms with Gasteiger partial charge in [-0.2, -0.15) is 24.9 Å². The molecule has 0 aromatic heterocycles. The van der Waals surface area contributed by atoms with E-state index in [-0.39, 0.29) is 23.5 Å². The maximum atomic E-state index is 13.7. The van der Waals surface area contributed by atoms with E-state index in [2.05, 4.69) is 0 Å². The Labute approximate surface area is 183 Å². The van der Waals surface area contributed by atoms with Crippen LogP contribution in [0, 0.1) is 0 Å². The van der Waals surface area contributed by atoms with Crippen LogP contribution in [0.25, 0.3) is 11.1 Å². The maximum Gasteiger partial charge on any atom is 0.421 e. The van der Waals surface area contributed by atoms with Crippen LogP contribution in [0.15, 0.2) is 48.5 Å². The molecular weight excluding hydrogens is 431 g/mol. The Bertz CT molecular complexity index is 861. The van der Waals surface area contributed by atoms with E-state index in [1.165, 1.54) is 24.3 Å². The zero-order valence-electron chi connectivity index (χ0n) is 17.1. The van der Waals surface area contributed by atoms with E-state index in [1.807, 2.05) is 13.0 Å². The molecule has 0 aliphatic carbocycles. The van der Waals surface area contributed by atoms with Crippen molar-refractivity contribution in [1.82, 2.24) is 0 Å². The number of carboxylic acid groups (broad SMARTS) is 1. The molecule has 0 saturated carbocycles. The summed E-state index contributed by atoms with van der Waals surface area (Å²) in [4.78, 5) is 10.7. The summed E-state index contributed by atoms with van der Waals surface area (Å²) in [5.41, 5.74) is 3.63. The number of aliphatic hydroxyl groups is 1. The average molecular weight is 458 g/mol. The van der Waals surface area contributed by atoms with Crippen LogP contribution in [0.3, 0.4) is 0 Å². The van der Waals surface area contributed by atoms with Gasteiger partial charge in [0.15, 0.2) is 5.60 Å². The fourth-order valence-electron chi connectivity index (χ4n) is 2.98. The van der Waals surface area contributed by atoms with Crippen LogP contribution >= 0.6 is 11.8 Å². The molecular formula is C22H26F3NO4S. The minimum absolute atomic E-state index is 0.000498. The molecule has 31 heavy (non-hydrogen) atoms. The lowest BCUT2D eigenvalue weighted by atomic mass is 9.89. The lowest BCUT2D eigenvalue weighted by Gasteiger charge is -2.31. The van der Waals surface area contributed by atoms with Crippen molar-refractivity contribution in [2.24, 2.45) is 5.73 Å². The van der Waals surface area contributed by atoms with E-state index >= 15 is 0 Å². The topological polar surface area (TPSA) is 92.8 Å². The van der Waals surface area contributed by atoms with E-state index in [0.29, 0.717) is 17.9 Å². The summed E-state index contributed by atoms with van der Waals surface area (Å²) in [7, 11) is 0. The Morgan fingerprint density at radius 3 is 2.39 bits per heavy atom. The van der Waals surface area contributed by atoms with Crippen LogP contribution in [0.5, 0.6) is 5.75 Å². The molecule has 2 aromatic rings. The first-order chi connectivity index (χ1) is 14.6. The molecule has 0 radical (unpaired) electrons. The molecule has 0 heterocycles. The van der Waals surface area contributed by atoms with Gasteiger partial charge in [0.05, 0.1) is 6.61 Å². The van der Waals surface area contributed by atoms with Crippen LogP contribution in [0.2, 0.25) is 0 Å². The molecule has 0 saturated heterocycles. The van der Waals surface area contributed by atoms with Gasteiger partial charge in [0.1, 0.15) is 11.8 Å². The SMILES string of the molecule is CCOc1cccc(-c2ccc(C(O)(CCSCCC(N)C(=O)O)C(F)(F)F)cc2)c1. The normalized spacial score (nSPS) is 14.6. The molecule has 9 heteroatoms. The highest BCUT2D eigenvalue weighted by molar-refractivity contribution is 7.99. The van der Waals surface area contributed by atoms with Gasteiger partial charge in [-0.15, -0.1) is 0 Å². The standard InChI is InChI=1S/C22H26F3NO4S/c1-2-30-18-5-3-4-16(14-18)15-6-8-17(9-7-15)21(29,22(23,24)25)11-13-31-12-10-19(26)20(27)28/h3-9,14,19,29H,2,10-13,26H2,1H3,(H,27,28). The quantitative estimate of drug-likeness (QED) is 0.433. The highest BCUT2D eigenvalue weighted by Crippen LogP contribution is 2.42. The number of aliphatic carboxylic acids is 1. The summed E-state index contributed by atoms with van der Waals surface area (Å²) in [5.74, 6) is -0.202. The molecule has 0 fully saturated rings. The third-order valence-electron chi connectivity index (χ3n) is 4.81. The minimum atomic E-state index is -4.86. The highest BCUT2D eigenvalue weighted by Gasteiger charge is 2.54. The number of halogens is 3. The third kappa shape index (κ3) is 6.62. The first kappa shape index (κ1) is 25.0. The molecule has 2 unspecified atom stereocenters. The van der Waals surface area contributed by atoms with Crippen molar-refractivity contribution in [2.45, 2.75) is 37.6 Å². The summed E-state index contributed by atoms with van der Waals surface area (Å²) in [6.07, 6.45) is -5.27. The first-order valence-corrected chi connectivity index (χ1v) is 10.9. The molecule has 4 N–H and O–H groups in total. The zero-order valence-corrected chi connectivity index (χ0v) is 17.9. The second kappa shape index (κ2) is 10.9. The van der Waals surface area contributed by atoms with Crippen LogP contribution in [-0.4, -0.2) is 46.5 Å². The summed E-state index contributed by atoms with van der Waals surface area (Å²) in [5, 5.41) is 19.3. The highest BCUT2D eigenvalue weighted by atomic mass is 32.2. The molecule has 5 nitrogen and oxygen atoms in total. The van der Waals surface area contributed by atoms with Gasteiger partial charge >= 0.3 is 12.1 Å². The van der Waals surface area contributed by atoms with Crippen LogP contribution in [0.1, 0.15) is 25.3 Å². The summed E-state index contributed by atoms with van der Waals surface area (Å²) < 4.78 is 46.6. The van der Waals surface area contributed by atoms with Crippen molar-refractivity contribution < 1.29 is 32.9 Å². The molecule has 170 valence electrons. The van der Waals surface area contributed by atoms with Crippen LogP contribution in [0.4, 0.5) is 13.2 Å². The summed E-state index contributed by atoms with van der Waals surface area (Å²) in [6.45, 7) is 2.36. The first-order valence-electron chi connectivity index (χ1n) is 9.77. The van der Waals surface area contributed by atoms with Crippen LogP contribution in [-0.2, 0) is 10.4 Å². The largest absolute Gasteiger partial charge is 0.494 e. The van der Waals surface area contributed by atoms with Crippen molar-refractivity contribution in [2.75, 3.05) is 18.1 Å². The van der Waals surface area contributed by atoms with Crippen molar-refractivity contribution in [3.63, 3.8) is 0 Å². The lowest BCUT2D eigenvalue weighted by molar-refractivity contribution is -0.267. The smallest absolute Gasteiger partial charge is 0.421 e. The monoisotopic (exact) mass is 457 g/mol. The second-order valence-corrected chi connectivity index (χ2v) is 8.22. The molecule has 0 aliphatic rings. The Hall–Kier alpha value is -2.23. The number of ether oxygens (including phenoxy) is 1. The van der Waals surface area contributed by atoms with E-state index in [1.54, 1.807) is 18.2 Å². The number of alkyl halides is 3. The Kier molecular flexibility index (Phi) is 8.79. The maximum absolute atomic E-state index is 13.7. The summed E-state index contributed by atoms with van der Waals surface area (Å²) >= 11 is 1.13. The Morgan fingerprint density at radius 2 is 1.81 bits per heavy atom. The van der Waals surface area contributed by atoms with Crippen molar-refractivity contribution in [3.8, 4) is 16.9 Å². The third-order valence-corrected chi connectivity index (χ3v) is 5.83. The molecule has 0 amide bonds. The van der Waals surface area contributed by atoms with Crippen molar-refractivity contribution in [3.05, 3.63) is 54.1 Å². The number of carboxylic acids is 1. The molecule has 0 bridgehead atoms. The van der Waals surface area contributed by atoms with E-state index < -0.39 is 30.2 Å². The molecule has 0 spiro atoms. The molecule has 2 atom stereocenters. The number of nitrogens with two attached hydrogens (primary N) is 1. The van der Waals surface area contributed by atoms with Gasteiger partial charge in [0, 0.05) is 0 Å². The van der Waals surface area contributed by atoms with Gasteiger partial charge < -0.3 is 20.7 Å². The predicted octanol–water partition coefficient (Wildman–Crippen LogP) is 4.43. The van der Waals surface area contributed by atoms with Crippen molar-refractivity contribution in [1.29, 1.82) is 0 Å². The van der Waals surface area contributed by atoms with Gasteiger partial charge in [0.2, 0.25) is 0 Å². The fraction of sp³-hybridized carbons (Fsp3) is 0.409. The Balaban J connectivity index is 2.11. The predicted molar refractivity (Wildman–Crippen MR) is 115 cm³/mol. The van der Waals surface area contributed by atoms with Gasteiger partial charge in [-0.05, 0) is 60.1 Å². The number of carbonyl (C=O) groups is 1. The Morgan fingerprint density at radius 1 is 1.13 bits per heavy atom. The lowest BCUT2D eigenvalue weighted by Crippen LogP contribution is -2.42. The number of hydrogen-bond donors (Lipinski definition) is 3. The minimum Gasteiger partial charge on any atom is -0.494 e. The van der Waals surface area contributed by atoms with Gasteiger partial charge in [-0.3, -0.25) is 4.79 Å². The molecule has 2 rings (SSSR count). The summed E-state index contributed by atoms with van der Waals surface area (Å²) in [6, 6.07) is 11.8. The van der Waals surface area contributed by atoms with Gasteiger partial charge in [-0.25, -0.2) is 0 Å². The number of hydrogen-bond acceptors (Lipinski definition) is 5. The number of benzene rings is 2. The van der Waals surface area contributed by atoms with E-state index in [9.17, 15) is 23.1 Å². The van der Waals surface area contributed by atoms with Crippen LogP contribution < -0.4 is 10.5 Å². The number of thioether (sulfide) groups is 1. The molecule has 0 aliphatic heterocycles. The van der Waals surface area contributed by atoms with E-state index in [0.717, 1.165) is 17.3 Å². The molecule has 2 aromatic carbocycles. The average Bonchev–Trinajstić information content (AvgIpc) is 2.73.